The molecule has 3 rings (SSSR count). The highest BCUT2D eigenvalue weighted by molar-refractivity contribution is 7.08. The lowest BCUT2D eigenvalue weighted by Gasteiger charge is -2.13. The molecule has 3 aromatic rings. The molecule has 1 N–H and O–H groups in total. The van der Waals surface area contributed by atoms with Crippen molar-refractivity contribution in [3.63, 3.8) is 0 Å². The molecule has 0 radical (unpaired) electrons. The Balaban J connectivity index is 1.60. The molecule has 0 fully saturated rings. The number of carbonyl (C=O) groups is 1. The van der Waals surface area contributed by atoms with Gasteiger partial charge in [0.25, 0.3) is 5.91 Å². The van der Waals surface area contributed by atoms with Crippen LogP contribution in [0.25, 0.3) is 11.1 Å². The molecule has 0 aliphatic heterocycles. The molecule has 4 heteroatoms. The average Bonchev–Trinajstić information content (AvgIpc) is 3.15. The third kappa shape index (κ3) is 3.85. The van der Waals surface area contributed by atoms with Gasteiger partial charge in [-0.1, -0.05) is 31.2 Å². The zero-order chi connectivity index (χ0) is 16.1. The van der Waals surface area contributed by atoms with E-state index >= 15 is 0 Å². The van der Waals surface area contributed by atoms with E-state index in [4.69, 9.17) is 0 Å². The predicted molar refractivity (Wildman–Crippen MR) is 94.7 cm³/mol. The molecule has 0 saturated heterocycles. The smallest absolute Gasteiger partial charge is 0.251 e. The van der Waals surface area contributed by atoms with E-state index in [2.05, 4.69) is 58.3 Å². The van der Waals surface area contributed by atoms with E-state index in [1.165, 1.54) is 16.7 Å². The van der Waals surface area contributed by atoms with Crippen molar-refractivity contribution in [2.45, 2.75) is 12.8 Å². The number of rotatable bonds is 5. The summed E-state index contributed by atoms with van der Waals surface area (Å²) in [6, 6.07) is 14.1. The second-order valence-electron chi connectivity index (χ2n) is 5.48. The number of nitrogens with zero attached hydrogens (tertiary/aromatic N) is 1. The van der Waals surface area contributed by atoms with Gasteiger partial charge in [-0.2, -0.15) is 11.3 Å². The molecule has 0 saturated carbocycles. The third-order valence-electron chi connectivity index (χ3n) is 3.85. The van der Waals surface area contributed by atoms with Crippen molar-refractivity contribution >= 4 is 17.2 Å². The van der Waals surface area contributed by atoms with E-state index < -0.39 is 0 Å². The number of nitrogens with one attached hydrogen (secondary N) is 1. The molecule has 1 aromatic carbocycles. The Bertz CT molecular complexity index is 752. The highest BCUT2D eigenvalue weighted by Gasteiger charge is 2.09. The van der Waals surface area contributed by atoms with E-state index in [9.17, 15) is 4.79 Å². The van der Waals surface area contributed by atoms with Gasteiger partial charge in [-0.05, 0) is 51.6 Å². The monoisotopic (exact) mass is 322 g/mol. The van der Waals surface area contributed by atoms with Gasteiger partial charge in [0.05, 0.1) is 0 Å². The predicted octanol–water partition coefficient (Wildman–Crippen LogP) is 4.34. The standard InChI is InChI=1S/C19H18N2OS/c1-14(12-21-19(22)17-6-9-20-10-7-17)15-2-4-16(5-3-15)18-8-11-23-13-18/h2-11,13-14H,12H2,1H3,(H,21,22). The largest absolute Gasteiger partial charge is 0.351 e. The Hall–Kier alpha value is -2.46. The second-order valence-corrected chi connectivity index (χ2v) is 6.26. The maximum atomic E-state index is 12.1. The van der Waals surface area contributed by atoms with Crippen molar-refractivity contribution in [1.82, 2.24) is 10.3 Å². The molecule has 1 amide bonds. The van der Waals surface area contributed by atoms with Crippen LogP contribution in [0.4, 0.5) is 0 Å². The Kier molecular flexibility index (Phi) is 4.83. The molecule has 3 nitrogen and oxygen atoms in total. The lowest BCUT2D eigenvalue weighted by atomic mass is 9.98. The van der Waals surface area contributed by atoms with Crippen molar-refractivity contribution in [1.29, 1.82) is 0 Å². The van der Waals surface area contributed by atoms with Crippen LogP contribution in [-0.2, 0) is 0 Å². The van der Waals surface area contributed by atoms with Crippen LogP contribution in [0.15, 0.2) is 65.6 Å². The summed E-state index contributed by atoms with van der Waals surface area (Å²) in [4.78, 5) is 16.0. The van der Waals surface area contributed by atoms with Crippen molar-refractivity contribution in [3.05, 3.63) is 76.7 Å². The second kappa shape index (κ2) is 7.20. The summed E-state index contributed by atoms with van der Waals surface area (Å²) in [5.74, 6) is 0.200. The van der Waals surface area contributed by atoms with Gasteiger partial charge in [0, 0.05) is 24.5 Å². The van der Waals surface area contributed by atoms with Gasteiger partial charge in [-0.25, -0.2) is 0 Å². The normalized spacial score (nSPS) is 11.9. The van der Waals surface area contributed by atoms with Gasteiger partial charge >= 0.3 is 0 Å². The van der Waals surface area contributed by atoms with E-state index in [0.717, 1.165) is 0 Å². The van der Waals surface area contributed by atoms with Gasteiger partial charge in [-0.3, -0.25) is 9.78 Å². The molecule has 0 aliphatic rings. The maximum Gasteiger partial charge on any atom is 0.251 e. The quantitative estimate of drug-likeness (QED) is 0.759. The van der Waals surface area contributed by atoms with E-state index in [-0.39, 0.29) is 11.8 Å². The first-order valence-corrected chi connectivity index (χ1v) is 8.49. The minimum absolute atomic E-state index is 0.0610. The third-order valence-corrected chi connectivity index (χ3v) is 4.53. The topological polar surface area (TPSA) is 42.0 Å². The summed E-state index contributed by atoms with van der Waals surface area (Å²) < 4.78 is 0. The molecule has 0 aliphatic carbocycles. The zero-order valence-electron chi connectivity index (χ0n) is 12.9. The summed E-state index contributed by atoms with van der Waals surface area (Å²) >= 11 is 1.70. The first-order valence-electron chi connectivity index (χ1n) is 7.55. The SMILES string of the molecule is CC(CNC(=O)c1ccncc1)c1ccc(-c2ccsc2)cc1. The number of benzene rings is 1. The molecule has 116 valence electrons. The number of pyridine rings is 1. The summed E-state index contributed by atoms with van der Waals surface area (Å²) in [6.07, 6.45) is 3.25. The van der Waals surface area contributed by atoms with Gasteiger partial charge < -0.3 is 5.32 Å². The van der Waals surface area contributed by atoms with Crippen molar-refractivity contribution in [2.24, 2.45) is 0 Å². The Morgan fingerprint density at radius 2 is 1.83 bits per heavy atom. The fourth-order valence-electron chi connectivity index (χ4n) is 2.40. The van der Waals surface area contributed by atoms with Gasteiger partial charge in [0.2, 0.25) is 0 Å². The molecule has 2 heterocycles. The van der Waals surface area contributed by atoms with Gasteiger partial charge in [0.1, 0.15) is 0 Å². The lowest BCUT2D eigenvalue weighted by molar-refractivity contribution is 0.0951. The fourth-order valence-corrected chi connectivity index (χ4v) is 3.07. The van der Waals surface area contributed by atoms with Crippen LogP contribution in [0, 0.1) is 0 Å². The number of hydrogen-bond acceptors (Lipinski definition) is 3. The molecular weight excluding hydrogens is 304 g/mol. The van der Waals surface area contributed by atoms with E-state index in [1.54, 1.807) is 35.9 Å². The van der Waals surface area contributed by atoms with Crippen LogP contribution in [0.3, 0.4) is 0 Å². The minimum atomic E-state index is -0.0610. The number of hydrogen-bond donors (Lipinski definition) is 1. The van der Waals surface area contributed by atoms with Gasteiger partial charge in [0.15, 0.2) is 0 Å². The summed E-state index contributed by atoms with van der Waals surface area (Å²) in [5.41, 5.74) is 4.34. The summed E-state index contributed by atoms with van der Waals surface area (Å²) in [6.45, 7) is 2.73. The van der Waals surface area contributed by atoms with Crippen LogP contribution in [-0.4, -0.2) is 17.4 Å². The number of carbonyl (C=O) groups excluding carboxylic acids is 1. The van der Waals surface area contributed by atoms with Crippen LogP contribution in [0.2, 0.25) is 0 Å². The van der Waals surface area contributed by atoms with Crippen LogP contribution in [0.5, 0.6) is 0 Å². The number of amides is 1. The van der Waals surface area contributed by atoms with Crippen molar-refractivity contribution in [3.8, 4) is 11.1 Å². The van der Waals surface area contributed by atoms with Crippen LogP contribution >= 0.6 is 11.3 Å². The maximum absolute atomic E-state index is 12.1. The highest BCUT2D eigenvalue weighted by Crippen LogP contribution is 2.24. The molecule has 23 heavy (non-hydrogen) atoms. The van der Waals surface area contributed by atoms with Crippen molar-refractivity contribution in [2.75, 3.05) is 6.54 Å². The lowest BCUT2D eigenvalue weighted by Crippen LogP contribution is -2.27. The first kappa shape index (κ1) is 15.4. The highest BCUT2D eigenvalue weighted by atomic mass is 32.1. The molecule has 2 aromatic heterocycles. The summed E-state index contributed by atoms with van der Waals surface area (Å²) in [7, 11) is 0. The molecule has 1 unspecified atom stereocenters. The Labute approximate surface area is 140 Å². The number of aromatic nitrogens is 1. The molecule has 1 atom stereocenters. The Morgan fingerprint density at radius 1 is 1.09 bits per heavy atom. The average molecular weight is 322 g/mol. The number of thiophene rings is 1. The zero-order valence-corrected chi connectivity index (χ0v) is 13.7. The minimum Gasteiger partial charge on any atom is -0.351 e. The van der Waals surface area contributed by atoms with E-state index in [0.29, 0.717) is 12.1 Å². The van der Waals surface area contributed by atoms with Crippen molar-refractivity contribution < 1.29 is 4.79 Å². The Morgan fingerprint density at radius 3 is 2.48 bits per heavy atom. The summed E-state index contributed by atoms with van der Waals surface area (Å²) in [5, 5.41) is 7.20. The van der Waals surface area contributed by atoms with Crippen LogP contribution in [0.1, 0.15) is 28.8 Å². The van der Waals surface area contributed by atoms with E-state index in [1.807, 2.05) is 0 Å². The van der Waals surface area contributed by atoms with Crippen LogP contribution < -0.4 is 5.32 Å². The van der Waals surface area contributed by atoms with Gasteiger partial charge in [-0.15, -0.1) is 0 Å². The molecule has 0 bridgehead atoms. The fraction of sp³-hybridized carbons (Fsp3) is 0.158. The molecular formula is C19H18N2OS. The first-order chi connectivity index (χ1) is 11.2. The molecule has 0 spiro atoms.